The molecule has 0 bridgehead atoms. The van der Waals surface area contributed by atoms with Gasteiger partial charge in [-0.1, -0.05) is 19.9 Å². The molecule has 0 radical (unpaired) electrons. The standard InChI is InChI=1S/C20H28N4O4S/c1-14(2)19(24-12-6-10-18(24)25)20(26)21-15-7-4-8-16(13-15)29(27,28)22-17-9-5-11-23(17)3/h4,7-8,13-14,19H,5-6,9-12H2,1-3H3,(H,21,26)/b22-17-. The van der Waals surface area contributed by atoms with E-state index in [0.717, 1.165) is 19.4 Å². The predicted octanol–water partition coefficient (Wildman–Crippen LogP) is 2.08. The Kier molecular flexibility index (Phi) is 6.26. The highest BCUT2D eigenvalue weighted by Gasteiger charge is 2.35. The number of amides is 2. The Morgan fingerprint density at radius 2 is 1.90 bits per heavy atom. The molecule has 1 aromatic carbocycles. The van der Waals surface area contributed by atoms with Gasteiger partial charge in [-0.2, -0.15) is 8.42 Å². The van der Waals surface area contributed by atoms with Crippen LogP contribution in [0, 0.1) is 5.92 Å². The molecule has 9 heteroatoms. The Bertz CT molecular complexity index is 926. The van der Waals surface area contributed by atoms with Crippen molar-refractivity contribution in [1.82, 2.24) is 9.80 Å². The Hall–Kier alpha value is -2.42. The second-order valence-corrected chi connectivity index (χ2v) is 9.51. The van der Waals surface area contributed by atoms with Gasteiger partial charge in [0.05, 0.1) is 4.90 Å². The molecule has 0 aliphatic carbocycles. The second-order valence-electron chi connectivity index (χ2n) is 7.90. The monoisotopic (exact) mass is 420 g/mol. The Morgan fingerprint density at radius 3 is 2.48 bits per heavy atom. The van der Waals surface area contributed by atoms with Crippen LogP contribution in [0.2, 0.25) is 0 Å². The van der Waals surface area contributed by atoms with Gasteiger partial charge in [-0.3, -0.25) is 9.59 Å². The number of nitrogens with zero attached hydrogens (tertiary/aromatic N) is 3. The molecular formula is C20H28N4O4S. The Morgan fingerprint density at radius 1 is 1.17 bits per heavy atom. The van der Waals surface area contributed by atoms with Crippen LogP contribution in [-0.4, -0.2) is 62.0 Å². The van der Waals surface area contributed by atoms with E-state index in [0.29, 0.717) is 30.9 Å². The van der Waals surface area contributed by atoms with E-state index >= 15 is 0 Å². The molecule has 158 valence electrons. The van der Waals surface area contributed by atoms with E-state index in [1.807, 2.05) is 25.8 Å². The van der Waals surface area contributed by atoms with Gasteiger partial charge >= 0.3 is 0 Å². The summed E-state index contributed by atoms with van der Waals surface area (Å²) >= 11 is 0. The number of carbonyl (C=O) groups excluding carboxylic acids is 2. The van der Waals surface area contributed by atoms with E-state index in [1.54, 1.807) is 17.0 Å². The second kappa shape index (κ2) is 8.52. The highest BCUT2D eigenvalue weighted by molar-refractivity contribution is 7.90. The molecule has 2 saturated heterocycles. The highest BCUT2D eigenvalue weighted by Crippen LogP contribution is 2.23. The third kappa shape index (κ3) is 4.77. The molecular weight excluding hydrogens is 392 g/mol. The smallest absolute Gasteiger partial charge is 0.284 e. The van der Waals surface area contributed by atoms with Gasteiger partial charge in [-0.15, -0.1) is 4.40 Å². The van der Waals surface area contributed by atoms with Crippen LogP contribution in [0.25, 0.3) is 0 Å². The molecule has 1 unspecified atom stereocenters. The fraction of sp³-hybridized carbons (Fsp3) is 0.550. The largest absolute Gasteiger partial charge is 0.362 e. The number of nitrogens with one attached hydrogen (secondary N) is 1. The average Bonchev–Trinajstić information content (AvgIpc) is 3.23. The molecule has 0 spiro atoms. The van der Waals surface area contributed by atoms with Crippen molar-refractivity contribution in [2.45, 2.75) is 50.5 Å². The van der Waals surface area contributed by atoms with E-state index < -0.39 is 16.1 Å². The summed E-state index contributed by atoms with van der Waals surface area (Å²) in [6.07, 6.45) is 2.72. The first-order chi connectivity index (χ1) is 13.7. The van der Waals surface area contributed by atoms with Gasteiger partial charge in [0.25, 0.3) is 10.0 Å². The molecule has 0 aromatic heterocycles. The van der Waals surface area contributed by atoms with Crippen LogP contribution in [0.3, 0.4) is 0 Å². The van der Waals surface area contributed by atoms with Crippen LogP contribution >= 0.6 is 0 Å². The summed E-state index contributed by atoms with van der Waals surface area (Å²) in [5.74, 6) is 0.151. The van der Waals surface area contributed by atoms with E-state index in [2.05, 4.69) is 9.71 Å². The third-order valence-electron chi connectivity index (χ3n) is 5.31. The molecule has 2 aliphatic rings. The van der Waals surface area contributed by atoms with Crippen molar-refractivity contribution in [3.05, 3.63) is 24.3 Å². The third-order valence-corrected chi connectivity index (χ3v) is 6.61. The summed E-state index contributed by atoms with van der Waals surface area (Å²) in [7, 11) is -2.04. The van der Waals surface area contributed by atoms with Gasteiger partial charge < -0.3 is 15.1 Å². The first-order valence-corrected chi connectivity index (χ1v) is 11.4. The quantitative estimate of drug-likeness (QED) is 0.760. The first kappa shape index (κ1) is 21.3. The summed E-state index contributed by atoms with van der Waals surface area (Å²) in [5, 5.41) is 2.78. The molecule has 2 fully saturated rings. The van der Waals surface area contributed by atoms with Gasteiger partial charge in [-0.25, -0.2) is 0 Å². The van der Waals surface area contributed by atoms with E-state index in [1.165, 1.54) is 12.1 Å². The van der Waals surface area contributed by atoms with E-state index in [-0.39, 0.29) is 22.6 Å². The van der Waals surface area contributed by atoms with Crippen LogP contribution < -0.4 is 5.32 Å². The molecule has 1 atom stereocenters. The minimum atomic E-state index is -3.87. The number of likely N-dealkylation sites (tertiary alicyclic amines) is 2. The number of rotatable bonds is 6. The van der Waals surface area contributed by atoms with Gasteiger partial charge in [0.2, 0.25) is 11.8 Å². The lowest BCUT2D eigenvalue weighted by Gasteiger charge is -2.29. The molecule has 2 heterocycles. The zero-order chi connectivity index (χ0) is 21.2. The van der Waals surface area contributed by atoms with Crippen molar-refractivity contribution >= 4 is 33.4 Å². The maximum Gasteiger partial charge on any atom is 0.284 e. The Labute approximate surface area is 172 Å². The Balaban J connectivity index is 1.80. The van der Waals surface area contributed by atoms with Crippen LogP contribution in [0.1, 0.15) is 39.5 Å². The normalized spacial score (nSPS) is 20.0. The van der Waals surface area contributed by atoms with Gasteiger partial charge in [0.1, 0.15) is 11.9 Å². The fourth-order valence-corrected chi connectivity index (χ4v) is 4.96. The van der Waals surface area contributed by atoms with Crippen molar-refractivity contribution in [1.29, 1.82) is 0 Å². The van der Waals surface area contributed by atoms with Crippen molar-refractivity contribution in [2.75, 3.05) is 25.5 Å². The van der Waals surface area contributed by atoms with E-state index in [9.17, 15) is 18.0 Å². The number of anilines is 1. The van der Waals surface area contributed by atoms with E-state index in [4.69, 9.17) is 0 Å². The summed E-state index contributed by atoms with van der Waals surface area (Å²) in [6.45, 7) is 5.14. The maximum atomic E-state index is 12.9. The van der Waals surface area contributed by atoms with Crippen molar-refractivity contribution in [3.63, 3.8) is 0 Å². The fourth-order valence-electron chi connectivity index (χ4n) is 3.82. The van der Waals surface area contributed by atoms with Gasteiger partial charge in [0.15, 0.2) is 0 Å². The topological polar surface area (TPSA) is 99.1 Å². The predicted molar refractivity (Wildman–Crippen MR) is 111 cm³/mol. The number of benzene rings is 1. The van der Waals surface area contributed by atoms with Crippen LogP contribution in [0.15, 0.2) is 33.6 Å². The number of amidine groups is 1. The zero-order valence-corrected chi connectivity index (χ0v) is 17.9. The van der Waals surface area contributed by atoms with Crippen LogP contribution in [0.5, 0.6) is 0 Å². The van der Waals surface area contributed by atoms with Crippen LogP contribution in [0.4, 0.5) is 5.69 Å². The number of hydrogen-bond acceptors (Lipinski definition) is 4. The lowest BCUT2D eigenvalue weighted by atomic mass is 10.0. The molecule has 2 aliphatic heterocycles. The zero-order valence-electron chi connectivity index (χ0n) is 17.1. The lowest BCUT2D eigenvalue weighted by molar-refractivity contribution is -0.136. The average molecular weight is 421 g/mol. The summed E-state index contributed by atoms with van der Waals surface area (Å²) in [4.78, 5) is 28.5. The maximum absolute atomic E-state index is 12.9. The molecule has 1 aromatic rings. The first-order valence-electron chi connectivity index (χ1n) is 9.94. The van der Waals surface area contributed by atoms with Crippen molar-refractivity contribution < 1.29 is 18.0 Å². The van der Waals surface area contributed by atoms with Crippen molar-refractivity contribution in [2.24, 2.45) is 10.3 Å². The van der Waals surface area contributed by atoms with Crippen LogP contribution in [-0.2, 0) is 19.6 Å². The number of carbonyl (C=O) groups is 2. The minimum Gasteiger partial charge on any atom is -0.362 e. The molecule has 8 nitrogen and oxygen atoms in total. The number of hydrogen-bond donors (Lipinski definition) is 1. The summed E-state index contributed by atoms with van der Waals surface area (Å²) in [6, 6.07) is 5.50. The van der Waals surface area contributed by atoms with Crippen molar-refractivity contribution in [3.8, 4) is 0 Å². The number of sulfonamides is 1. The molecule has 0 saturated carbocycles. The molecule has 1 N–H and O–H groups in total. The molecule has 3 rings (SSSR count). The molecule has 2 amide bonds. The molecule has 29 heavy (non-hydrogen) atoms. The lowest BCUT2D eigenvalue weighted by Crippen LogP contribution is -2.47. The minimum absolute atomic E-state index is 0.0216. The van der Waals surface area contributed by atoms with Gasteiger partial charge in [0, 0.05) is 38.7 Å². The summed E-state index contributed by atoms with van der Waals surface area (Å²) < 4.78 is 29.3. The highest BCUT2D eigenvalue weighted by atomic mass is 32.2. The van der Waals surface area contributed by atoms with Gasteiger partial charge in [-0.05, 0) is 37.0 Å². The summed E-state index contributed by atoms with van der Waals surface area (Å²) in [5.41, 5.74) is 0.369. The SMILES string of the molecule is CC(C)C(C(=O)Nc1cccc(S(=O)(=O)/N=C2/CCCN2C)c1)N1CCCC1=O.